The Morgan fingerprint density at radius 3 is 2.71 bits per heavy atom. The third kappa shape index (κ3) is 4.87. The van der Waals surface area contributed by atoms with Gasteiger partial charge in [-0.2, -0.15) is 0 Å². The molecule has 0 bridgehead atoms. The third-order valence-corrected chi connectivity index (χ3v) is 5.53. The Morgan fingerprint density at radius 2 is 1.97 bits per heavy atom. The molecule has 0 radical (unpaired) electrons. The number of hydrogen-bond acceptors (Lipinski definition) is 8. The second-order valence-corrected chi connectivity index (χ2v) is 7.84. The number of pyridine rings is 1. The maximum absolute atomic E-state index is 11.9. The Labute approximate surface area is 196 Å². The van der Waals surface area contributed by atoms with E-state index in [4.69, 9.17) is 9.47 Å². The van der Waals surface area contributed by atoms with Gasteiger partial charge in [0.1, 0.15) is 5.82 Å². The molecule has 10 heteroatoms. The van der Waals surface area contributed by atoms with E-state index in [1.165, 1.54) is 0 Å². The number of carbonyl (C=O) groups is 1. The molecule has 2 N–H and O–H groups in total. The van der Waals surface area contributed by atoms with E-state index in [-0.39, 0.29) is 6.61 Å². The van der Waals surface area contributed by atoms with Gasteiger partial charge in [0, 0.05) is 42.8 Å². The van der Waals surface area contributed by atoms with Gasteiger partial charge in [-0.1, -0.05) is 6.07 Å². The number of fused-ring (bicyclic) bond motifs is 1. The van der Waals surface area contributed by atoms with Crippen LogP contribution < -0.4 is 5.32 Å². The van der Waals surface area contributed by atoms with Crippen LogP contribution in [0.2, 0.25) is 0 Å². The third-order valence-electron chi connectivity index (χ3n) is 5.53. The molecule has 1 saturated heterocycles. The molecule has 4 heterocycles. The lowest BCUT2D eigenvalue weighted by Crippen LogP contribution is -2.36. The van der Waals surface area contributed by atoms with Crippen LogP contribution in [0.1, 0.15) is 12.7 Å². The number of aromatic nitrogens is 5. The van der Waals surface area contributed by atoms with E-state index < -0.39 is 6.09 Å². The van der Waals surface area contributed by atoms with Gasteiger partial charge in [-0.15, -0.1) is 0 Å². The van der Waals surface area contributed by atoms with Gasteiger partial charge in [-0.05, 0) is 36.8 Å². The van der Waals surface area contributed by atoms with Gasteiger partial charge in [0.15, 0.2) is 0 Å². The molecule has 10 nitrogen and oxygen atoms in total. The first-order valence-electron chi connectivity index (χ1n) is 11.2. The first-order chi connectivity index (χ1) is 16.7. The Bertz CT molecular complexity index is 1270. The number of anilines is 1. The molecule has 0 aliphatic carbocycles. The fourth-order valence-corrected chi connectivity index (χ4v) is 3.87. The molecule has 0 unspecified atom stereocenters. The molecule has 0 spiro atoms. The number of rotatable bonds is 6. The maximum Gasteiger partial charge on any atom is 0.413 e. The van der Waals surface area contributed by atoms with Crippen LogP contribution in [0.4, 0.5) is 10.7 Å². The zero-order valence-electron chi connectivity index (χ0n) is 18.8. The number of nitrogens with one attached hydrogen (secondary N) is 2. The van der Waals surface area contributed by atoms with Crippen molar-refractivity contribution in [2.24, 2.45) is 0 Å². The van der Waals surface area contributed by atoms with Crippen LogP contribution in [0.25, 0.3) is 33.4 Å². The number of hydrogen-bond donors (Lipinski definition) is 2. The summed E-state index contributed by atoms with van der Waals surface area (Å²) < 4.78 is 10.4. The normalized spacial score (nSPS) is 14.3. The van der Waals surface area contributed by atoms with E-state index in [1.54, 1.807) is 13.1 Å². The predicted octanol–water partition coefficient (Wildman–Crippen LogP) is 3.48. The minimum absolute atomic E-state index is 0.275. The van der Waals surface area contributed by atoms with Crippen molar-refractivity contribution in [3.8, 4) is 22.4 Å². The lowest BCUT2D eigenvalue weighted by atomic mass is 10.0. The SMILES string of the molecule is CCOC(=O)Nc1nc2c(-c3ccccn3)cc(-c3cnc(CN4CCOCC4)nc3)cc2[nH]1. The second-order valence-electron chi connectivity index (χ2n) is 7.84. The lowest BCUT2D eigenvalue weighted by Gasteiger charge is -2.25. The van der Waals surface area contributed by atoms with Crippen LogP contribution in [0.3, 0.4) is 0 Å². The highest BCUT2D eigenvalue weighted by molar-refractivity contribution is 5.97. The predicted molar refractivity (Wildman–Crippen MR) is 127 cm³/mol. The highest BCUT2D eigenvalue weighted by Crippen LogP contribution is 2.32. The van der Waals surface area contributed by atoms with Crippen molar-refractivity contribution < 1.29 is 14.3 Å². The Balaban J connectivity index is 1.48. The summed E-state index contributed by atoms with van der Waals surface area (Å²) in [7, 11) is 0. The number of nitrogens with zero attached hydrogens (tertiary/aromatic N) is 5. The topological polar surface area (TPSA) is 118 Å². The van der Waals surface area contributed by atoms with E-state index in [9.17, 15) is 4.79 Å². The van der Waals surface area contributed by atoms with Crippen molar-refractivity contribution in [1.82, 2.24) is 29.8 Å². The smallest absolute Gasteiger partial charge is 0.413 e. The van der Waals surface area contributed by atoms with Crippen molar-refractivity contribution in [3.63, 3.8) is 0 Å². The minimum Gasteiger partial charge on any atom is -0.450 e. The molecule has 1 amide bonds. The van der Waals surface area contributed by atoms with Crippen molar-refractivity contribution in [2.45, 2.75) is 13.5 Å². The number of ether oxygens (including phenoxy) is 2. The molecule has 0 atom stereocenters. The van der Waals surface area contributed by atoms with Crippen LogP contribution in [-0.4, -0.2) is 68.8 Å². The van der Waals surface area contributed by atoms with E-state index in [1.807, 2.05) is 42.7 Å². The highest BCUT2D eigenvalue weighted by atomic mass is 16.5. The summed E-state index contributed by atoms with van der Waals surface area (Å²) in [5, 5.41) is 2.63. The number of amides is 1. The summed E-state index contributed by atoms with van der Waals surface area (Å²) >= 11 is 0. The molecular weight excluding hydrogens is 434 g/mol. The molecule has 1 fully saturated rings. The largest absolute Gasteiger partial charge is 0.450 e. The summed E-state index contributed by atoms with van der Waals surface area (Å²) in [6.45, 7) is 5.98. The monoisotopic (exact) mass is 459 g/mol. The summed E-state index contributed by atoms with van der Waals surface area (Å²) in [6.07, 6.45) is 4.84. The quantitative estimate of drug-likeness (QED) is 0.450. The molecule has 5 rings (SSSR count). The fourth-order valence-electron chi connectivity index (χ4n) is 3.87. The van der Waals surface area contributed by atoms with Crippen molar-refractivity contribution >= 4 is 23.1 Å². The van der Waals surface area contributed by atoms with Crippen LogP contribution in [0, 0.1) is 0 Å². The van der Waals surface area contributed by atoms with Crippen LogP contribution in [0.5, 0.6) is 0 Å². The lowest BCUT2D eigenvalue weighted by molar-refractivity contribution is 0.0330. The van der Waals surface area contributed by atoms with Gasteiger partial charge < -0.3 is 14.5 Å². The summed E-state index contributed by atoms with van der Waals surface area (Å²) in [4.78, 5) is 35.6. The first kappa shape index (κ1) is 21.9. The number of morpholine rings is 1. The van der Waals surface area contributed by atoms with Gasteiger partial charge in [0.25, 0.3) is 0 Å². The number of H-pyrrole nitrogens is 1. The molecular formula is C24H25N7O3. The number of carbonyl (C=O) groups excluding carboxylic acids is 1. The molecule has 0 saturated carbocycles. The van der Waals surface area contributed by atoms with Crippen LogP contribution in [-0.2, 0) is 16.0 Å². The molecule has 1 aromatic carbocycles. The molecule has 34 heavy (non-hydrogen) atoms. The van der Waals surface area contributed by atoms with Gasteiger partial charge >= 0.3 is 6.09 Å². The second kappa shape index (κ2) is 9.94. The van der Waals surface area contributed by atoms with Gasteiger partial charge in [0.05, 0.1) is 43.1 Å². The van der Waals surface area contributed by atoms with E-state index in [0.29, 0.717) is 18.0 Å². The first-order valence-corrected chi connectivity index (χ1v) is 11.2. The fraction of sp³-hybridized carbons (Fsp3) is 0.292. The van der Waals surface area contributed by atoms with Crippen molar-refractivity contribution in [2.75, 3.05) is 38.2 Å². The number of imidazole rings is 1. The number of benzene rings is 1. The van der Waals surface area contributed by atoms with E-state index in [2.05, 4.69) is 35.1 Å². The Kier molecular flexibility index (Phi) is 6.41. The Hall–Kier alpha value is -3.89. The van der Waals surface area contributed by atoms with E-state index >= 15 is 0 Å². The van der Waals surface area contributed by atoms with Crippen LogP contribution in [0.15, 0.2) is 48.9 Å². The summed E-state index contributed by atoms with van der Waals surface area (Å²) in [5.41, 5.74) is 4.84. The zero-order valence-corrected chi connectivity index (χ0v) is 18.8. The average molecular weight is 460 g/mol. The maximum atomic E-state index is 11.9. The minimum atomic E-state index is -0.564. The molecule has 4 aromatic rings. The molecule has 174 valence electrons. The summed E-state index contributed by atoms with van der Waals surface area (Å²) in [6, 6.07) is 9.69. The zero-order chi connectivity index (χ0) is 23.3. The molecule has 1 aliphatic rings. The van der Waals surface area contributed by atoms with Crippen molar-refractivity contribution in [3.05, 3.63) is 54.7 Å². The molecule has 1 aliphatic heterocycles. The molecule has 3 aromatic heterocycles. The standard InChI is InChI=1S/C24H25N7O3/c1-2-34-24(32)30-23-28-20-12-16(11-18(22(20)29-23)19-5-3-4-6-25-19)17-13-26-21(27-14-17)15-31-7-9-33-10-8-31/h3-6,11-14H,2,7-10,15H2,1H3,(H2,28,29,30,32). The summed E-state index contributed by atoms with van der Waals surface area (Å²) in [5.74, 6) is 1.08. The van der Waals surface area contributed by atoms with Gasteiger partial charge in [-0.25, -0.2) is 19.7 Å². The van der Waals surface area contributed by atoms with E-state index in [0.717, 1.165) is 60.0 Å². The van der Waals surface area contributed by atoms with Gasteiger partial charge in [0.2, 0.25) is 5.95 Å². The average Bonchev–Trinajstić information content (AvgIpc) is 3.27. The Morgan fingerprint density at radius 1 is 1.15 bits per heavy atom. The van der Waals surface area contributed by atoms with Crippen LogP contribution >= 0.6 is 0 Å². The highest BCUT2D eigenvalue weighted by Gasteiger charge is 2.16. The van der Waals surface area contributed by atoms with Gasteiger partial charge in [-0.3, -0.25) is 15.2 Å². The number of aromatic amines is 1. The van der Waals surface area contributed by atoms with Crippen molar-refractivity contribution in [1.29, 1.82) is 0 Å².